The van der Waals surface area contributed by atoms with Gasteiger partial charge in [-0.25, -0.2) is 9.78 Å². The van der Waals surface area contributed by atoms with Crippen LogP contribution in [-0.4, -0.2) is 39.5 Å². The number of hydrogen-bond donors (Lipinski definition) is 1. The molecule has 8 nitrogen and oxygen atoms in total. The van der Waals surface area contributed by atoms with Gasteiger partial charge in [0.2, 0.25) is 5.91 Å². The van der Waals surface area contributed by atoms with E-state index in [-0.39, 0.29) is 24.9 Å². The van der Waals surface area contributed by atoms with Gasteiger partial charge in [-0.05, 0) is 29.7 Å². The molecule has 34 heavy (non-hydrogen) atoms. The Bertz CT molecular complexity index is 1210. The third-order valence-electron chi connectivity index (χ3n) is 5.10. The van der Waals surface area contributed by atoms with Gasteiger partial charge in [0.25, 0.3) is 0 Å². The number of alkyl carbamates (subject to hydrolysis) is 1. The first-order valence-corrected chi connectivity index (χ1v) is 12.7. The van der Waals surface area contributed by atoms with Crippen LogP contribution in [0.1, 0.15) is 30.0 Å². The maximum Gasteiger partial charge on any atom is 0.408 e. The fourth-order valence-corrected chi connectivity index (χ4v) is 4.77. The number of hydrogen-bond acceptors (Lipinski definition) is 8. The van der Waals surface area contributed by atoms with E-state index in [1.165, 1.54) is 22.7 Å². The van der Waals surface area contributed by atoms with Gasteiger partial charge in [-0.15, -0.1) is 22.7 Å². The van der Waals surface area contributed by atoms with Crippen molar-refractivity contribution in [2.45, 2.75) is 39.5 Å². The number of nitrogens with one attached hydrogen (secondary N) is 1. The smallest absolute Gasteiger partial charge is 0.408 e. The summed E-state index contributed by atoms with van der Waals surface area (Å²) in [5, 5.41) is 5.59. The highest BCUT2D eigenvalue weighted by molar-refractivity contribution is 7.09. The summed E-state index contributed by atoms with van der Waals surface area (Å²) in [6.45, 7) is 5.20. The molecule has 1 aromatic carbocycles. The molecular formula is C24H26N4O4S2. The zero-order valence-electron chi connectivity index (χ0n) is 19.0. The molecule has 0 radical (unpaired) electrons. The number of carbonyl (C=O) groups is 2. The molecule has 0 unspecified atom stereocenters. The number of furan rings is 1. The van der Waals surface area contributed by atoms with Crippen LogP contribution >= 0.6 is 22.7 Å². The number of benzene rings is 1. The highest BCUT2D eigenvalue weighted by Crippen LogP contribution is 2.18. The summed E-state index contributed by atoms with van der Waals surface area (Å²) in [5.41, 5.74) is 5.81. The molecule has 3 aromatic heterocycles. The van der Waals surface area contributed by atoms with Gasteiger partial charge in [-0.3, -0.25) is 9.78 Å². The Kier molecular flexibility index (Phi) is 7.91. The van der Waals surface area contributed by atoms with E-state index < -0.39 is 12.1 Å². The van der Waals surface area contributed by atoms with Gasteiger partial charge in [0.15, 0.2) is 0 Å². The number of nitrogens with zero attached hydrogens (tertiary/aromatic N) is 3. The average Bonchev–Trinajstić information content (AvgIpc) is 3.58. The average molecular weight is 499 g/mol. The second kappa shape index (κ2) is 11.3. The van der Waals surface area contributed by atoms with E-state index in [9.17, 15) is 9.59 Å². The van der Waals surface area contributed by atoms with Crippen molar-refractivity contribution < 1.29 is 18.7 Å². The van der Waals surface area contributed by atoms with Crippen LogP contribution in [0.15, 0.2) is 57.5 Å². The lowest BCUT2D eigenvalue weighted by Gasteiger charge is -2.28. The SMILES string of the molecule is CC(C)CN(Cc1cncs1)C(=O)[C@H](Cc1cscn1)NC(=O)OCc1ccc2occc2c1. The van der Waals surface area contributed by atoms with Crippen molar-refractivity contribution in [2.75, 3.05) is 6.54 Å². The Morgan fingerprint density at radius 1 is 1.24 bits per heavy atom. The van der Waals surface area contributed by atoms with Gasteiger partial charge in [0, 0.05) is 34.8 Å². The molecule has 0 bridgehead atoms. The summed E-state index contributed by atoms with van der Waals surface area (Å²) in [4.78, 5) is 37.4. The Morgan fingerprint density at radius 2 is 2.12 bits per heavy atom. The monoisotopic (exact) mass is 498 g/mol. The van der Waals surface area contributed by atoms with Gasteiger partial charge in [-0.2, -0.15) is 0 Å². The zero-order chi connectivity index (χ0) is 23.9. The van der Waals surface area contributed by atoms with Crippen LogP contribution < -0.4 is 5.32 Å². The molecular weight excluding hydrogens is 472 g/mol. The first-order chi connectivity index (χ1) is 16.5. The highest BCUT2D eigenvalue weighted by atomic mass is 32.1. The highest BCUT2D eigenvalue weighted by Gasteiger charge is 2.28. The van der Waals surface area contributed by atoms with E-state index in [4.69, 9.17) is 9.15 Å². The number of rotatable bonds is 10. The topological polar surface area (TPSA) is 97.6 Å². The number of thiazole rings is 2. The minimum absolute atomic E-state index is 0.0845. The standard InChI is InChI=1S/C24H26N4O4S2/c1-16(2)10-28(11-20-9-25-14-34-20)23(29)21(8-19-13-33-15-26-19)27-24(30)32-12-17-3-4-22-18(7-17)5-6-31-22/h3-7,9,13-16,21H,8,10-12H2,1-2H3,(H,27,30)/t21-/m0/s1. The van der Waals surface area contributed by atoms with E-state index in [1.807, 2.05) is 29.6 Å². The van der Waals surface area contributed by atoms with Crippen molar-refractivity contribution in [1.29, 1.82) is 0 Å². The molecule has 10 heteroatoms. The fourth-order valence-electron chi connectivity index (χ4n) is 3.59. The van der Waals surface area contributed by atoms with Crippen LogP contribution in [0.2, 0.25) is 0 Å². The normalized spacial score (nSPS) is 12.1. The van der Waals surface area contributed by atoms with Gasteiger partial charge in [-0.1, -0.05) is 19.9 Å². The van der Waals surface area contributed by atoms with Crippen LogP contribution in [0.4, 0.5) is 4.79 Å². The van der Waals surface area contributed by atoms with E-state index >= 15 is 0 Å². The van der Waals surface area contributed by atoms with E-state index in [0.717, 1.165) is 27.1 Å². The first-order valence-electron chi connectivity index (χ1n) is 10.9. The lowest BCUT2D eigenvalue weighted by atomic mass is 10.1. The summed E-state index contributed by atoms with van der Waals surface area (Å²) in [6.07, 6.45) is 3.02. The maximum absolute atomic E-state index is 13.6. The number of aromatic nitrogens is 2. The zero-order valence-corrected chi connectivity index (χ0v) is 20.6. The third kappa shape index (κ3) is 6.42. The summed E-state index contributed by atoms with van der Waals surface area (Å²) < 4.78 is 10.8. The van der Waals surface area contributed by atoms with Gasteiger partial charge >= 0.3 is 6.09 Å². The molecule has 0 spiro atoms. The molecule has 1 atom stereocenters. The summed E-state index contributed by atoms with van der Waals surface area (Å²) in [6, 6.07) is 6.65. The van der Waals surface area contributed by atoms with Crippen molar-refractivity contribution in [3.63, 3.8) is 0 Å². The van der Waals surface area contributed by atoms with Crippen LogP contribution in [0, 0.1) is 5.92 Å². The number of fused-ring (bicyclic) bond motifs is 1. The van der Waals surface area contributed by atoms with Crippen LogP contribution in [0.25, 0.3) is 11.0 Å². The Hall–Kier alpha value is -3.24. The number of amides is 2. The van der Waals surface area contributed by atoms with Crippen molar-refractivity contribution in [1.82, 2.24) is 20.2 Å². The molecule has 0 aliphatic heterocycles. The Morgan fingerprint density at radius 3 is 2.85 bits per heavy atom. The van der Waals surface area contributed by atoms with Crippen molar-refractivity contribution in [3.05, 3.63) is 69.3 Å². The molecule has 0 saturated heterocycles. The number of carbonyl (C=O) groups excluding carboxylic acids is 2. The first kappa shape index (κ1) is 23.9. The fraction of sp³-hybridized carbons (Fsp3) is 0.333. The van der Waals surface area contributed by atoms with Crippen LogP contribution in [0.3, 0.4) is 0 Å². The molecule has 0 fully saturated rings. The summed E-state index contributed by atoms with van der Waals surface area (Å²) >= 11 is 2.95. The minimum atomic E-state index is -0.794. The molecule has 2 amide bonds. The van der Waals surface area contributed by atoms with Gasteiger partial charge in [0.1, 0.15) is 18.2 Å². The Balaban J connectivity index is 1.45. The van der Waals surface area contributed by atoms with Crippen LogP contribution in [-0.2, 0) is 29.1 Å². The summed E-state index contributed by atoms with van der Waals surface area (Å²) in [7, 11) is 0. The third-order valence-corrected chi connectivity index (χ3v) is 6.50. The minimum Gasteiger partial charge on any atom is -0.464 e. The van der Waals surface area contributed by atoms with Crippen molar-refractivity contribution >= 4 is 45.6 Å². The molecule has 3 heterocycles. The molecule has 0 aliphatic carbocycles. The second-order valence-electron chi connectivity index (χ2n) is 8.33. The molecule has 0 aliphatic rings. The van der Waals surface area contributed by atoms with Crippen LogP contribution in [0.5, 0.6) is 0 Å². The molecule has 178 valence electrons. The number of ether oxygens (including phenoxy) is 1. The molecule has 0 saturated carbocycles. The van der Waals surface area contributed by atoms with Crippen molar-refractivity contribution in [3.8, 4) is 0 Å². The van der Waals surface area contributed by atoms with E-state index in [2.05, 4.69) is 29.1 Å². The van der Waals surface area contributed by atoms with Gasteiger partial charge < -0.3 is 19.4 Å². The Labute approximate surface area is 205 Å². The van der Waals surface area contributed by atoms with E-state index in [0.29, 0.717) is 13.1 Å². The predicted molar refractivity (Wildman–Crippen MR) is 132 cm³/mol. The lowest BCUT2D eigenvalue weighted by Crippen LogP contribution is -2.50. The summed E-state index contributed by atoms with van der Waals surface area (Å²) in [5.74, 6) is 0.0912. The largest absolute Gasteiger partial charge is 0.464 e. The van der Waals surface area contributed by atoms with Gasteiger partial charge in [0.05, 0.1) is 29.5 Å². The van der Waals surface area contributed by atoms with E-state index in [1.54, 1.807) is 28.4 Å². The molecule has 1 N–H and O–H groups in total. The maximum atomic E-state index is 13.6. The second-order valence-corrected chi connectivity index (χ2v) is 10.0. The molecule has 4 aromatic rings. The lowest BCUT2D eigenvalue weighted by molar-refractivity contribution is -0.134. The quantitative estimate of drug-likeness (QED) is 0.335. The predicted octanol–water partition coefficient (Wildman–Crippen LogP) is 4.87. The van der Waals surface area contributed by atoms with Crippen molar-refractivity contribution in [2.24, 2.45) is 5.92 Å². The molecule has 4 rings (SSSR count).